The van der Waals surface area contributed by atoms with E-state index < -0.39 is 0 Å². The highest BCUT2D eigenvalue weighted by atomic mass is 14.9. The molecule has 1 aromatic heterocycles. The molecule has 3 rings (SSSR count). The third-order valence-electron chi connectivity index (χ3n) is 3.37. The summed E-state index contributed by atoms with van der Waals surface area (Å²) in [5, 5.41) is 0. The van der Waals surface area contributed by atoms with E-state index in [9.17, 15) is 0 Å². The summed E-state index contributed by atoms with van der Waals surface area (Å²) in [6.45, 7) is 2.41. The van der Waals surface area contributed by atoms with Crippen LogP contribution in [0.4, 0.5) is 0 Å². The molecule has 0 aliphatic heterocycles. The molecule has 100 valence electrons. The molecule has 0 saturated carbocycles. The van der Waals surface area contributed by atoms with Gasteiger partial charge in [-0.3, -0.25) is 0 Å². The number of hydrogen-bond acceptors (Lipinski definition) is 2. The van der Waals surface area contributed by atoms with E-state index in [0.29, 0.717) is 6.54 Å². The van der Waals surface area contributed by atoms with Gasteiger partial charge in [0.25, 0.3) is 0 Å². The van der Waals surface area contributed by atoms with Crippen molar-refractivity contribution in [3.63, 3.8) is 0 Å². The van der Waals surface area contributed by atoms with Gasteiger partial charge in [-0.25, -0.2) is 4.98 Å². The summed E-state index contributed by atoms with van der Waals surface area (Å²) in [6.07, 6.45) is 0. The zero-order valence-corrected chi connectivity index (χ0v) is 11.4. The molecule has 3 nitrogen and oxygen atoms in total. The predicted octanol–water partition coefficient (Wildman–Crippen LogP) is 3.51. The number of benzene rings is 2. The van der Waals surface area contributed by atoms with E-state index in [2.05, 4.69) is 46.4 Å². The molecule has 1 heterocycles. The summed E-state index contributed by atoms with van der Waals surface area (Å²) in [5.74, 6) is 0.896. The molecule has 3 heteroatoms. The van der Waals surface area contributed by atoms with Gasteiger partial charge in [0.05, 0.1) is 11.4 Å². The Kier molecular flexibility index (Phi) is 3.35. The zero-order chi connectivity index (χ0) is 13.9. The van der Waals surface area contributed by atoms with Gasteiger partial charge < -0.3 is 10.7 Å². The summed E-state index contributed by atoms with van der Waals surface area (Å²) in [5.41, 5.74) is 11.2. The highest BCUT2D eigenvalue weighted by Gasteiger charge is 2.09. The van der Waals surface area contributed by atoms with E-state index >= 15 is 0 Å². The Bertz CT molecular complexity index is 697. The molecule has 3 N–H and O–H groups in total. The van der Waals surface area contributed by atoms with Crippen LogP contribution in [-0.4, -0.2) is 9.97 Å². The fourth-order valence-corrected chi connectivity index (χ4v) is 2.38. The first-order chi connectivity index (χ1) is 9.78. The summed E-state index contributed by atoms with van der Waals surface area (Å²) in [7, 11) is 0. The van der Waals surface area contributed by atoms with E-state index in [1.165, 1.54) is 11.1 Å². The summed E-state index contributed by atoms with van der Waals surface area (Å²) >= 11 is 0. The normalized spacial score (nSPS) is 10.7. The van der Waals surface area contributed by atoms with Crippen molar-refractivity contribution in [3.8, 4) is 22.4 Å². The molecule has 0 radical (unpaired) electrons. The van der Waals surface area contributed by atoms with Gasteiger partial charge in [0.2, 0.25) is 0 Å². The van der Waals surface area contributed by atoms with Crippen molar-refractivity contribution in [2.24, 2.45) is 5.73 Å². The average molecular weight is 263 g/mol. The third kappa shape index (κ3) is 2.36. The Hall–Kier alpha value is -2.39. The van der Waals surface area contributed by atoms with Crippen molar-refractivity contribution in [2.45, 2.75) is 13.5 Å². The van der Waals surface area contributed by atoms with E-state index in [1.54, 1.807) is 0 Å². The smallest absolute Gasteiger partial charge is 0.103 e. The van der Waals surface area contributed by atoms with Gasteiger partial charge in [-0.05, 0) is 18.1 Å². The molecule has 0 fully saturated rings. The number of nitrogens with two attached hydrogens (primary N) is 1. The minimum Gasteiger partial charge on any atom is -0.345 e. The fourth-order valence-electron chi connectivity index (χ4n) is 2.38. The van der Waals surface area contributed by atoms with Gasteiger partial charge in [-0.15, -0.1) is 0 Å². The maximum atomic E-state index is 5.75. The van der Waals surface area contributed by atoms with E-state index in [0.717, 1.165) is 22.8 Å². The zero-order valence-electron chi connectivity index (χ0n) is 11.4. The second kappa shape index (κ2) is 5.31. The molecule has 20 heavy (non-hydrogen) atoms. The Morgan fingerprint density at radius 3 is 2.15 bits per heavy atom. The van der Waals surface area contributed by atoms with Crippen LogP contribution in [0.3, 0.4) is 0 Å². The maximum absolute atomic E-state index is 5.75. The Balaban J connectivity index is 1.97. The molecule has 3 aromatic rings. The van der Waals surface area contributed by atoms with Crippen molar-refractivity contribution >= 4 is 0 Å². The lowest BCUT2D eigenvalue weighted by atomic mass is 10.0. The molecular formula is C17H17N3. The highest BCUT2D eigenvalue weighted by molar-refractivity contribution is 5.69. The van der Waals surface area contributed by atoms with Crippen LogP contribution < -0.4 is 5.73 Å². The average Bonchev–Trinajstić information content (AvgIpc) is 2.89. The largest absolute Gasteiger partial charge is 0.345 e. The summed E-state index contributed by atoms with van der Waals surface area (Å²) < 4.78 is 0. The van der Waals surface area contributed by atoms with E-state index in [-0.39, 0.29) is 0 Å². The van der Waals surface area contributed by atoms with Crippen LogP contribution in [0.1, 0.15) is 11.5 Å². The van der Waals surface area contributed by atoms with Gasteiger partial charge >= 0.3 is 0 Å². The van der Waals surface area contributed by atoms with Crippen molar-refractivity contribution in [2.75, 3.05) is 0 Å². The van der Waals surface area contributed by atoms with Crippen molar-refractivity contribution in [3.05, 3.63) is 66.1 Å². The van der Waals surface area contributed by atoms with Crippen molar-refractivity contribution < 1.29 is 0 Å². The minimum atomic E-state index is 0.469. The SMILES string of the molecule is Cc1nc(-c2ccc(-c3ccccc3)cc2)c(CN)[nH]1. The predicted molar refractivity (Wildman–Crippen MR) is 82.1 cm³/mol. The van der Waals surface area contributed by atoms with Gasteiger partial charge in [0.1, 0.15) is 5.82 Å². The number of aromatic nitrogens is 2. The number of H-pyrrole nitrogens is 1. The van der Waals surface area contributed by atoms with Crippen molar-refractivity contribution in [1.82, 2.24) is 9.97 Å². The second-order valence-electron chi connectivity index (χ2n) is 4.80. The molecule has 0 bridgehead atoms. The van der Waals surface area contributed by atoms with Crippen LogP contribution in [0.5, 0.6) is 0 Å². The van der Waals surface area contributed by atoms with Crippen LogP contribution in [0, 0.1) is 6.92 Å². The second-order valence-corrected chi connectivity index (χ2v) is 4.80. The van der Waals surface area contributed by atoms with Crippen LogP contribution in [-0.2, 0) is 6.54 Å². The van der Waals surface area contributed by atoms with Gasteiger partial charge in [0.15, 0.2) is 0 Å². The molecule has 0 unspecified atom stereocenters. The van der Waals surface area contributed by atoms with Crippen LogP contribution in [0.25, 0.3) is 22.4 Å². The molecule has 0 saturated heterocycles. The number of nitrogens with zero attached hydrogens (tertiary/aromatic N) is 1. The minimum absolute atomic E-state index is 0.469. The number of rotatable bonds is 3. The molecule has 0 atom stereocenters. The monoisotopic (exact) mass is 263 g/mol. The Labute approximate surface area is 118 Å². The fraction of sp³-hybridized carbons (Fsp3) is 0.118. The number of imidazole rings is 1. The Morgan fingerprint density at radius 1 is 0.900 bits per heavy atom. The van der Waals surface area contributed by atoms with Gasteiger partial charge in [-0.2, -0.15) is 0 Å². The maximum Gasteiger partial charge on any atom is 0.103 e. The van der Waals surface area contributed by atoms with E-state index in [4.69, 9.17) is 5.73 Å². The van der Waals surface area contributed by atoms with Crippen LogP contribution >= 0.6 is 0 Å². The molecular weight excluding hydrogens is 246 g/mol. The highest BCUT2D eigenvalue weighted by Crippen LogP contribution is 2.25. The molecule has 0 spiro atoms. The molecule has 0 amide bonds. The summed E-state index contributed by atoms with van der Waals surface area (Å²) in [4.78, 5) is 7.72. The van der Waals surface area contributed by atoms with Crippen LogP contribution in [0.2, 0.25) is 0 Å². The lowest BCUT2D eigenvalue weighted by molar-refractivity contribution is 0.998. The molecule has 0 aliphatic carbocycles. The molecule has 2 aromatic carbocycles. The van der Waals surface area contributed by atoms with Gasteiger partial charge in [-0.1, -0.05) is 54.6 Å². The first kappa shape index (κ1) is 12.6. The number of hydrogen-bond donors (Lipinski definition) is 2. The summed E-state index contributed by atoms with van der Waals surface area (Å²) in [6, 6.07) is 18.8. The third-order valence-corrected chi connectivity index (χ3v) is 3.37. The Morgan fingerprint density at radius 2 is 1.50 bits per heavy atom. The number of aryl methyl sites for hydroxylation is 1. The van der Waals surface area contributed by atoms with Gasteiger partial charge in [0, 0.05) is 12.1 Å². The standard InChI is InChI=1S/C17H17N3/c1-12-19-16(11-18)17(20-12)15-9-7-14(8-10-15)13-5-3-2-4-6-13/h2-10H,11,18H2,1H3,(H,19,20). The number of nitrogens with one attached hydrogen (secondary N) is 1. The van der Waals surface area contributed by atoms with Crippen LogP contribution in [0.15, 0.2) is 54.6 Å². The van der Waals surface area contributed by atoms with Crippen molar-refractivity contribution in [1.29, 1.82) is 0 Å². The topological polar surface area (TPSA) is 54.7 Å². The lowest BCUT2D eigenvalue weighted by Crippen LogP contribution is -1.98. The van der Waals surface area contributed by atoms with E-state index in [1.807, 2.05) is 25.1 Å². The quantitative estimate of drug-likeness (QED) is 0.759. The lowest BCUT2D eigenvalue weighted by Gasteiger charge is -2.04. The number of aromatic amines is 1. The first-order valence-electron chi connectivity index (χ1n) is 6.69. The molecule has 0 aliphatic rings. The first-order valence-corrected chi connectivity index (χ1v) is 6.69.